The van der Waals surface area contributed by atoms with Gasteiger partial charge >= 0.3 is 5.97 Å². The van der Waals surface area contributed by atoms with E-state index in [1.165, 1.54) is 6.92 Å². The Labute approximate surface area is 218 Å². The maximum Gasteiger partial charge on any atom is 0.303 e. The van der Waals surface area contributed by atoms with Gasteiger partial charge in [0, 0.05) is 30.0 Å². The quantitative estimate of drug-likeness (QED) is 0.251. The summed E-state index contributed by atoms with van der Waals surface area (Å²) in [5, 5.41) is 14.6. The third-order valence-electron chi connectivity index (χ3n) is 5.28. The van der Waals surface area contributed by atoms with E-state index < -0.39 is 0 Å². The smallest absolute Gasteiger partial charge is 0.303 e. The number of aromatic nitrogens is 7. The highest BCUT2D eigenvalue weighted by Crippen LogP contribution is 2.35. The SMILES string of the molecule is CCCCc1nc(Cl)c(COC(C)=O)n1Cc1ccc(-n2c(Br)cc(Br)c2-c2nnn[nH]2)cc1. The molecule has 4 aromatic rings. The Morgan fingerprint density at radius 2 is 2.00 bits per heavy atom. The van der Waals surface area contributed by atoms with Crippen molar-refractivity contribution in [1.82, 2.24) is 34.7 Å². The molecule has 4 rings (SSSR count). The molecular weight excluding hydrogens is 590 g/mol. The molecule has 0 amide bonds. The predicted octanol–water partition coefficient (Wildman–Crippen LogP) is 5.49. The van der Waals surface area contributed by atoms with Gasteiger partial charge in [-0.15, -0.1) is 5.10 Å². The Hall–Kier alpha value is -2.50. The third kappa shape index (κ3) is 5.26. The lowest BCUT2D eigenvalue weighted by atomic mass is 10.2. The number of halogens is 3. The average molecular weight is 612 g/mol. The average Bonchev–Trinajstić information content (AvgIpc) is 3.50. The standard InChI is InChI=1S/C22H22Br2ClN7O2/c1-3-4-5-19-26-21(25)17(12-34-13(2)33)31(19)11-14-6-8-15(9-7-14)32-18(24)10-16(23)20(32)22-27-29-30-28-22/h6-10H,3-5,11-12H2,1-2H3,(H,27,28,29,30). The van der Waals surface area contributed by atoms with Gasteiger partial charge in [0.15, 0.2) is 11.0 Å². The van der Waals surface area contributed by atoms with Crippen LogP contribution in [0, 0.1) is 0 Å². The minimum Gasteiger partial charge on any atom is -0.459 e. The van der Waals surface area contributed by atoms with Gasteiger partial charge in [-0.1, -0.05) is 37.1 Å². The maximum absolute atomic E-state index is 11.4. The van der Waals surface area contributed by atoms with E-state index in [4.69, 9.17) is 16.3 Å². The van der Waals surface area contributed by atoms with E-state index in [-0.39, 0.29) is 12.6 Å². The number of hydrogen-bond donors (Lipinski definition) is 1. The summed E-state index contributed by atoms with van der Waals surface area (Å²) in [6.07, 6.45) is 2.84. The molecule has 0 fully saturated rings. The van der Waals surface area contributed by atoms with Gasteiger partial charge in [-0.3, -0.25) is 9.36 Å². The zero-order chi connectivity index (χ0) is 24.2. The normalized spacial score (nSPS) is 11.2. The number of esters is 1. The second-order valence-electron chi connectivity index (χ2n) is 7.65. The van der Waals surface area contributed by atoms with Gasteiger partial charge in [0.1, 0.15) is 18.1 Å². The topological polar surface area (TPSA) is 104 Å². The van der Waals surface area contributed by atoms with Crippen molar-refractivity contribution >= 4 is 49.4 Å². The van der Waals surface area contributed by atoms with Crippen molar-refractivity contribution in [3.8, 4) is 17.2 Å². The molecule has 178 valence electrons. The molecule has 34 heavy (non-hydrogen) atoms. The summed E-state index contributed by atoms with van der Waals surface area (Å²) in [5.74, 6) is 1.07. The molecule has 12 heteroatoms. The zero-order valence-electron chi connectivity index (χ0n) is 18.6. The third-order valence-corrected chi connectivity index (χ3v) is 6.77. The van der Waals surface area contributed by atoms with Gasteiger partial charge in [0.05, 0.1) is 10.3 Å². The van der Waals surface area contributed by atoms with Crippen LogP contribution in [0.5, 0.6) is 0 Å². The van der Waals surface area contributed by atoms with Crippen LogP contribution in [0.4, 0.5) is 0 Å². The lowest BCUT2D eigenvalue weighted by molar-refractivity contribution is -0.142. The summed E-state index contributed by atoms with van der Waals surface area (Å²) < 4.78 is 11.0. The van der Waals surface area contributed by atoms with Crippen LogP contribution < -0.4 is 0 Å². The van der Waals surface area contributed by atoms with Crippen molar-refractivity contribution in [1.29, 1.82) is 0 Å². The molecule has 0 radical (unpaired) electrons. The molecule has 0 bridgehead atoms. The van der Waals surface area contributed by atoms with Crippen LogP contribution in [-0.2, 0) is 29.1 Å². The Kier molecular flexibility index (Phi) is 7.84. The van der Waals surface area contributed by atoms with Gasteiger partial charge in [-0.25, -0.2) is 10.1 Å². The van der Waals surface area contributed by atoms with Gasteiger partial charge in [0.2, 0.25) is 0 Å². The first-order valence-corrected chi connectivity index (χ1v) is 12.6. The maximum atomic E-state index is 11.4. The number of benzene rings is 1. The van der Waals surface area contributed by atoms with Crippen molar-refractivity contribution in [2.45, 2.75) is 46.3 Å². The Morgan fingerprint density at radius 3 is 2.65 bits per heavy atom. The zero-order valence-corrected chi connectivity index (χ0v) is 22.5. The Balaban J connectivity index is 1.65. The van der Waals surface area contributed by atoms with Crippen LogP contribution >= 0.6 is 43.5 Å². The largest absolute Gasteiger partial charge is 0.459 e. The number of aryl methyl sites for hydroxylation is 1. The number of aromatic amines is 1. The summed E-state index contributed by atoms with van der Waals surface area (Å²) in [6, 6.07) is 10.1. The molecular formula is C22H22Br2ClN7O2. The first kappa shape index (κ1) is 24.6. The number of ether oxygens (including phenoxy) is 1. The fourth-order valence-electron chi connectivity index (χ4n) is 3.64. The van der Waals surface area contributed by atoms with E-state index in [2.05, 4.69) is 64.4 Å². The molecule has 0 saturated heterocycles. The number of tetrazole rings is 1. The van der Waals surface area contributed by atoms with Crippen molar-refractivity contribution in [3.05, 3.63) is 61.6 Å². The molecule has 0 unspecified atom stereocenters. The van der Waals surface area contributed by atoms with Crippen molar-refractivity contribution in [2.75, 3.05) is 0 Å². The van der Waals surface area contributed by atoms with Gasteiger partial charge in [0.25, 0.3) is 0 Å². The second kappa shape index (κ2) is 10.8. The number of carbonyl (C=O) groups is 1. The highest BCUT2D eigenvalue weighted by atomic mass is 79.9. The molecule has 3 aromatic heterocycles. The highest BCUT2D eigenvalue weighted by molar-refractivity contribution is 9.11. The van der Waals surface area contributed by atoms with Crippen LogP contribution in [-0.4, -0.2) is 40.7 Å². The molecule has 0 aliphatic carbocycles. The highest BCUT2D eigenvalue weighted by Gasteiger charge is 2.20. The molecule has 9 nitrogen and oxygen atoms in total. The van der Waals surface area contributed by atoms with Crippen LogP contribution in [0.3, 0.4) is 0 Å². The Morgan fingerprint density at radius 1 is 1.24 bits per heavy atom. The number of H-pyrrole nitrogens is 1. The van der Waals surface area contributed by atoms with Gasteiger partial charge in [-0.05, 0) is 72.5 Å². The molecule has 0 aliphatic heterocycles. The molecule has 3 heterocycles. The number of imidazole rings is 1. The summed E-state index contributed by atoms with van der Waals surface area (Å²) in [7, 11) is 0. The predicted molar refractivity (Wildman–Crippen MR) is 135 cm³/mol. The minimum absolute atomic E-state index is 0.0876. The second-order valence-corrected chi connectivity index (χ2v) is 9.68. The molecule has 1 aromatic carbocycles. The number of hydrogen-bond acceptors (Lipinski definition) is 6. The van der Waals surface area contributed by atoms with Gasteiger partial charge < -0.3 is 9.30 Å². The van der Waals surface area contributed by atoms with Crippen LogP contribution in [0.1, 0.15) is 43.8 Å². The van der Waals surface area contributed by atoms with Crippen LogP contribution in [0.2, 0.25) is 5.15 Å². The van der Waals surface area contributed by atoms with E-state index in [0.29, 0.717) is 23.2 Å². The molecule has 0 aliphatic rings. The van der Waals surface area contributed by atoms with E-state index in [1.54, 1.807) is 0 Å². The molecule has 0 spiro atoms. The lowest BCUT2D eigenvalue weighted by Crippen LogP contribution is -2.11. The number of rotatable bonds is 9. The molecule has 0 saturated carbocycles. The van der Waals surface area contributed by atoms with Crippen LogP contribution in [0.15, 0.2) is 39.4 Å². The van der Waals surface area contributed by atoms with Crippen LogP contribution in [0.25, 0.3) is 17.2 Å². The summed E-state index contributed by atoms with van der Waals surface area (Å²) in [6.45, 7) is 4.16. The fourth-order valence-corrected chi connectivity index (χ4v) is 5.39. The molecule has 1 N–H and O–H groups in total. The lowest BCUT2D eigenvalue weighted by Gasteiger charge is -2.14. The summed E-state index contributed by atoms with van der Waals surface area (Å²) in [4.78, 5) is 15.9. The van der Waals surface area contributed by atoms with Gasteiger partial charge in [-0.2, -0.15) is 0 Å². The summed E-state index contributed by atoms with van der Waals surface area (Å²) >= 11 is 13.6. The number of nitrogens with one attached hydrogen (secondary N) is 1. The van der Waals surface area contributed by atoms with Crippen molar-refractivity contribution in [3.63, 3.8) is 0 Å². The first-order chi connectivity index (χ1) is 16.4. The van der Waals surface area contributed by atoms with E-state index in [1.807, 2.05) is 39.5 Å². The Bertz CT molecular complexity index is 1280. The molecule has 0 atom stereocenters. The summed E-state index contributed by atoms with van der Waals surface area (Å²) in [5.41, 5.74) is 3.49. The van der Waals surface area contributed by atoms with Crippen molar-refractivity contribution in [2.24, 2.45) is 0 Å². The van der Waals surface area contributed by atoms with E-state index in [9.17, 15) is 4.79 Å². The van der Waals surface area contributed by atoms with E-state index in [0.717, 1.165) is 51.1 Å². The number of carbonyl (C=O) groups excluding carboxylic acids is 1. The number of nitrogens with zero attached hydrogens (tertiary/aromatic N) is 6. The number of unbranched alkanes of at least 4 members (excludes halogenated alkanes) is 1. The fraction of sp³-hybridized carbons (Fsp3) is 0.318. The van der Waals surface area contributed by atoms with E-state index >= 15 is 0 Å². The monoisotopic (exact) mass is 609 g/mol. The van der Waals surface area contributed by atoms with Crippen molar-refractivity contribution < 1.29 is 9.53 Å². The minimum atomic E-state index is -0.357. The first-order valence-electron chi connectivity index (χ1n) is 10.7.